The second-order valence-corrected chi connectivity index (χ2v) is 8.32. The lowest BCUT2D eigenvalue weighted by Gasteiger charge is -2.36. The summed E-state index contributed by atoms with van der Waals surface area (Å²) in [6, 6.07) is 9.39. The molecule has 1 amide bonds. The van der Waals surface area contributed by atoms with E-state index in [4.69, 9.17) is 14.2 Å². The molecule has 32 heavy (non-hydrogen) atoms. The standard InChI is InChI=1S/C24H29N5O3/c1-16-12-21(32-27-16)19-15-25-24(28(2)3)26-23(19)20-10-5-6-11-29(20)22(30)14-17-8-7-9-18(13-17)31-4/h7-9,12-13,15,20H,5-6,10-11,14H2,1-4H3/t20-/m1/s1. The summed E-state index contributed by atoms with van der Waals surface area (Å²) in [4.78, 5) is 26.6. The summed E-state index contributed by atoms with van der Waals surface area (Å²) in [5, 5.41) is 4.03. The first kappa shape index (κ1) is 21.8. The Labute approximate surface area is 188 Å². The topological polar surface area (TPSA) is 84.6 Å². The van der Waals surface area contributed by atoms with E-state index in [2.05, 4.69) is 10.1 Å². The molecular weight excluding hydrogens is 406 g/mol. The molecular formula is C24H29N5O3. The van der Waals surface area contributed by atoms with Gasteiger partial charge in [0.15, 0.2) is 5.76 Å². The maximum atomic E-state index is 13.4. The van der Waals surface area contributed by atoms with Gasteiger partial charge in [-0.2, -0.15) is 0 Å². The number of rotatable bonds is 6. The molecule has 0 N–H and O–H groups in total. The summed E-state index contributed by atoms with van der Waals surface area (Å²) >= 11 is 0. The summed E-state index contributed by atoms with van der Waals surface area (Å²) in [6.45, 7) is 2.58. The molecule has 1 aliphatic heterocycles. The minimum Gasteiger partial charge on any atom is -0.497 e. The number of aryl methyl sites for hydroxylation is 1. The smallest absolute Gasteiger partial charge is 0.227 e. The van der Waals surface area contributed by atoms with Crippen LogP contribution in [0.2, 0.25) is 0 Å². The molecule has 0 unspecified atom stereocenters. The first-order valence-corrected chi connectivity index (χ1v) is 10.9. The molecule has 2 aromatic heterocycles. The molecule has 0 saturated carbocycles. The number of ether oxygens (including phenoxy) is 1. The van der Waals surface area contributed by atoms with Gasteiger partial charge in [0.25, 0.3) is 0 Å². The largest absolute Gasteiger partial charge is 0.497 e. The van der Waals surface area contributed by atoms with Crippen LogP contribution in [-0.2, 0) is 11.2 Å². The highest BCUT2D eigenvalue weighted by Gasteiger charge is 2.32. The van der Waals surface area contributed by atoms with Crippen LogP contribution < -0.4 is 9.64 Å². The number of carbonyl (C=O) groups is 1. The van der Waals surface area contributed by atoms with Crippen molar-refractivity contribution < 1.29 is 14.1 Å². The minimum absolute atomic E-state index is 0.0765. The molecule has 1 atom stereocenters. The van der Waals surface area contributed by atoms with E-state index >= 15 is 0 Å². The molecule has 3 heterocycles. The zero-order valence-corrected chi connectivity index (χ0v) is 19.0. The van der Waals surface area contributed by atoms with Crippen LogP contribution in [0.15, 0.2) is 41.1 Å². The minimum atomic E-state index is -0.149. The fourth-order valence-corrected chi connectivity index (χ4v) is 4.11. The van der Waals surface area contributed by atoms with Crippen molar-refractivity contribution in [2.24, 2.45) is 0 Å². The Kier molecular flexibility index (Phi) is 6.39. The monoisotopic (exact) mass is 435 g/mol. The van der Waals surface area contributed by atoms with Crippen LogP contribution in [0, 0.1) is 6.92 Å². The number of amides is 1. The van der Waals surface area contributed by atoms with Crippen molar-refractivity contribution >= 4 is 11.9 Å². The molecule has 0 spiro atoms. The van der Waals surface area contributed by atoms with E-state index in [1.807, 2.05) is 61.2 Å². The predicted octanol–water partition coefficient (Wildman–Crippen LogP) is 3.81. The zero-order valence-electron chi connectivity index (χ0n) is 19.0. The number of methoxy groups -OCH3 is 1. The van der Waals surface area contributed by atoms with Gasteiger partial charge in [0.2, 0.25) is 11.9 Å². The number of hydrogen-bond donors (Lipinski definition) is 0. The summed E-state index contributed by atoms with van der Waals surface area (Å²) in [7, 11) is 5.44. The maximum absolute atomic E-state index is 13.4. The van der Waals surface area contributed by atoms with Gasteiger partial charge in [0, 0.05) is 32.9 Å². The van der Waals surface area contributed by atoms with Gasteiger partial charge in [-0.1, -0.05) is 17.3 Å². The highest BCUT2D eigenvalue weighted by molar-refractivity contribution is 5.80. The average molecular weight is 436 g/mol. The Morgan fingerprint density at radius 1 is 1.28 bits per heavy atom. The number of piperidine rings is 1. The van der Waals surface area contributed by atoms with Gasteiger partial charge in [-0.05, 0) is 43.9 Å². The highest BCUT2D eigenvalue weighted by Crippen LogP contribution is 2.37. The van der Waals surface area contributed by atoms with Gasteiger partial charge in [0.1, 0.15) is 5.75 Å². The van der Waals surface area contributed by atoms with Crippen molar-refractivity contribution in [3.63, 3.8) is 0 Å². The zero-order chi connectivity index (χ0) is 22.7. The van der Waals surface area contributed by atoms with Crippen LogP contribution in [0.5, 0.6) is 5.75 Å². The quantitative estimate of drug-likeness (QED) is 0.582. The van der Waals surface area contributed by atoms with Crippen molar-refractivity contribution in [2.45, 2.75) is 38.6 Å². The van der Waals surface area contributed by atoms with Crippen LogP contribution in [-0.4, -0.2) is 53.7 Å². The third-order valence-corrected chi connectivity index (χ3v) is 5.73. The lowest BCUT2D eigenvalue weighted by Crippen LogP contribution is -2.40. The fraction of sp³-hybridized carbons (Fsp3) is 0.417. The molecule has 1 saturated heterocycles. The number of carbonyl (C=O) groups excluding carboxylic acids is 1. The Morgan fingerprint density at radius 3 is 2.84 bits per heavy atom. The Morgan fingerprint density at radius 2 is 2.12 bits per heavy atom. The van der Waals surface area contributed by atoms with Crippen LogP contribution in [0.4, 0.5) is 5.95 Å². The van der Waals surface area contributed by atoms with E-state index in [9.17, 15) is 4.79 Å². The molecule has 4 rings (SSSR count). The lowest BCUT2D eigenvalue weighted by atomic mass is 9.94. The molecule has 1 aliphatic rings. The molecule has 0 radical (unpaired) electrons. The molecule has 1 aromatic carbocycles. The summed E-state index contributed by atoms with van der Waals surface area (Å²) in [5.74, 6) is 2.05. The third kappa shape index (κ3) is 4.59. The van der Waals surface area contributed by atoms with Crippen LogP contribution >= 0.6 is 0 Å². The van der Waals surface area contributed by atoms with E-state index in [1.165, 1.54) is 0 Å². The fourth-order valence-electron chi connectivity index (χ4n) is 4.11. The van der Waals surface area contributed by atoms with E-state index in [1.54, 1.807) is 13.3 Å². The highest BCUT2D eigenvalue weighted by atomic mass is 16.5. The molecule has 1 fully saturated rings. The molecule has 8 nitrogen and oxygen atoms in total. The first-order valence-electron chi connectivity index (χ1n) is 10.9. The van der Waals surface area contributed by atoms with Crippen LogP contribution in [0.1, 0.15) is 42.3 Å². The van der Waals surface area contributed by atoms with Crippen molar-refractivity contribution in [2.75, 3.05) is 32.6 Å². The van der Waals surface area contributed by atoms with Gasteiger partial charge in [-0.3, -0.25) is 4.79 Å². The Balaban J connectivity index is 1.69. The van der Waals surface area contributed by atoms with Crippen molar-refractivity contribution in [3.8, 4) is 17.1 Å². The first-order chi connectivity index (χ1) is 15.5. The van der Waals surface area contributed by atoms with Gasteiger partial charge < -0.3 is 19.1 Å². The maximum Gasteiger partial charge on any atom is 0.227 e. The summed E-state index contributed by atoms with van der Waals surface area (Å²) in [6.07, 6.45) is 4.94. The number of anilines is 1. The van der Waals surface area contributed by atoms with Gasteiger partial charge in [-0.25, -0.2) is 9.97 Å². The van der Waals surface area contributed by atoms with Gasteiger partial charge in [0.05, 0.1) is 36.5 Å². The number of hydrogen-bond acceptors (Lipinski definition) is 7. The number of likely N-dealkylation sites (tertiary alicyclic amines) is 1. The van der Waals surface area contributed by atoms with Gasteiger partial charge in [-0.15, -0.1) is 0 Å². The molecule has 3 aromatic rings. The van der Waals surface area contributed by atoms with Crippen molar-refractivity contribution in [1.29, 1.82) is 0 Å². The molecule has 0 bridgehead atoms. The van der Waals surface area contributed by atoms with Gasteiger partial charge >= 0.3 is 0 Å². The molecule has 0 aliphatic carbocycles. The van der Waals surface area contributed by atoms with Crippen LogP contribution in [0.25, 0.3) is 11.3 Å². The second kappa shape index (κ2) is 9.38. The molecule has 168 valence electrons. The average Bonchev–Trinajstić information content (AvgIpc) is 3.24. The van der Waals surface area contributed by atoms with E-state index < -0.39 is 0 Å². The Bertz CT molecular complexity index is 1090. The number of aromatic nitrogens is 3. The second-order valence-electron chi connectivity index (χ2n) is 8.32. The normalized spacial score (nSPS) is 16.1. The van der Waals surface area contributed by atoms with E-state index in [-0.39, 0.29) is 11.9 Å². The predicted molar refractivity (Wildman–Crippen MR) is 122 cm³/mol. The van der Waals surface area contributed by atoms with Crippen molar-refractivity contribution in [1.82, 2.24) is 20.0 Å². The van der Waals surface area contributed by atoms with E-state index in [0.29, 0.717) is 24.7 Å². The van der Waals surface area contributed by atoms with Crippen molar-refractivity contribution in [3.05, 3.63) is 53.5 Å². The Hall–Kier alpha value is -3.42. The number of nitrogens with zero attached hydrogens (tertiary/aromatic N) is 5. The molecule has 8 heteroatoms. The SMILES string of the molecule is COc1cccc(CC(=O)N2CCCC[C@@H]2c2nc(N(C)C)ncc2-c2cc(C)no2)c1. The third-order valence-electron chi connectivity index (χ3n) is 5.73. The summed E-state index contributed by atoms with van der Waals surface area (Å²) in [5.41, 5.74) is 3.31. The lowest BCUT2D eigenvalue weighted by molar-refractivity contribution is -0.134. The number of benzene rings is 1. The van der Waals surface area contributed by atoms with E-state index in [0.717, 1.165) is 47.5 Å². The van der Waals surface area contributed by atoms with Crippen LogP contribution in [0.3, 0.4) is 0 Å². The summed E-state index contributed by atoms with van der Waals surface area (Å²) < 4.78 is 10.8.